The van der Waals surface area contributed by atoms with Crippen LogP contribution in [0.15, 0.2) is 65.6 Å². The quantitative estimate of drug-likeness (QED) is 0.682. The molecule has 5 rings (SSSR count). The van der Waals surface area contributed by atoms with E-state index in [1.54, 1.807) is 22.1 Å². The van der Waals surface area contributed by atoms with Crippen LogP contribution in [0, 0.1) is 0 Å². The molecule has 0 bridgehead atoms. The zero-order valence-electron chi connectivity index (χ0n) is 16.7. The van der Waals surface area contributed by atoms with Crippen molar-refractivity contribution < 1.29 is 18.8 Å². The van der Waals surface area contributed by atoms with E-state index in [9.17, 15) is 9.59 Å². The molecule has 1 N–H and O–H groups in total. The van der Waals surface area contributed by atoms with Gasteiger partial charge in [-0.15, -0.1) is 0 Å². The first kappa shape index (κ1) is 19.1. The third-order valence-corrected chi connectivity index (χ3v) is 5.52. The maximum atomic E-state index is 12.4. The molecule has 9 heteroatoms. The number of carbonyl (C=O) groups is 2. The minimum atomic E-state index is -0.188. The minimum Gasteiger partial charge on any atom is -0.487 e. The van der Waals surface area contributed by atoms with Crippen molar-refractivity contribution in [1.82, 2.24) is 19.9 Å². The summed E-state index contributed by atoms with van der Waals surface area (Å²) in [5.41, 5.74) is 1.86. The molecule has 2 aliphatic rings. The Morgan fingerprint density at radius 1 is 1.00 bits per heavy atom. The van der Waals surface area contributed by atoms with Crippen LogP contribution in [0.1, 0.15) is 22.0 Å². The largest absolute Gasteiger partial charge is 0.487 e. The Balaban J connectivity index is 1.06. The van der Waals surface area contributed by atoms with Crippen molar-refractivity contribution in [2.45, 2.75) is 12.0 Å². The molecule has 0 atom stereocenters. The Morgan fingerprint density at radius 3 is 2.48 bits per heavy atom. The van der Waals surface area contributed by atoms with Gasteiger partial charge >= 0.3 is 6.03 Å². The number of urea groups is 1. The lowest BCUT2D eigenvalue weighted by Crippen LogP contribution is -2.56. The van der Waals surface area contributed by atoms with Gasteiger partial charge in [0.25, 0.3) is 5.91 Å². The van der Waals surface area contributed by atoms with E-state index in [2.05, 4.69) is 15.5 Å². The lowest BCUT2D eigenvalue weighted by molar-refractivity contribution is 0.0149. The summed E-state index contributed by atoms with van der Waals surface area (Å²) in [5.74, 6) is 1.07. The van der Waals surface area contributed by atoms with Gasteiger partial charge in [0.2, 0.25) is 5.76 Å². The Bertz CT molecular complexity index is 1040. The standard InChI is InChI=1S/C22H21N5O4/c28-21(20-7-9-24-31-20)26-13-19(14-26)30-18-5-3-17(4-6-18)25-22(29)27-11-16(12-27)15-2-1-8-23-10-15/h1-10,16,19H,11-14H2,(H,25,29). The average Bonchev–Trinajstić information content (AvgIpc) is 3.26. The zero-order chi connectivity index (χ0) is 21.2. The Kier molecular flexibility index (Phi) is 4.99. The highest BCUT2D eigenvalue weighted by molar-refractivity contribution is 5.92. The zero-order valence-corrected chi connectivity index (χ0v) is 16.7. The summed E-state index contributed by atoms with van der Waals surface area (Å²) >= 11 is 0. The number of carbonyl (C=O) groups excluding carboxylic acids is 2. The minimum absolute atomic E-state index is 0.0715. The molecule has 2 fully saturated rings. The predicted molar refractivity (Wildman–Crippen MR) is 111 cm³/mol. The summed E-state index contributed by atoms with van der Waals surface area (Å²) < 4.78 is 10.8. The highest BCUT2D eigenvalue weighted by Gasteiger charge is 2.34. The van der Waals surface area contributed by atoms with E-state index in [1.807, 2.05) is 42.6 Å². The smallest absolute Gasteiger partial charge is 0.321 e. The number of nitrogens with one attached hydrogen (secondary N) is 1. The van der Waals surface area contributed by atoms with Crippen molar-refractivity contribution >= 4 is 17.6 Å². The number of hydrogen-bond acceptors (Lipinski definition) is 6. The van der Waals surface area contributed by atoms with E-state index in [4.69, 9.17) is 9.26 Å². The van der Waals surface area contributed by atoms with Crippen LogP contribution in [0.2, 0.25) is 0 Å². The van der Waals surface area contributed by atoms with Crippen LogP contribution in [0.3, 0.4) is 0 Å². The van der Waals surface area contributed by atoms with Gasteiger partial charge < -0.3 is 24.4 Å². The number of rotatable bonds is 5. The van der Waals surface area contributed by atoms with E-state index in [0.29, 0.717) is 43.5 Å². The van der Waals surface area contributed by atoms with Gasteiger partial charge in [-0.3, -0.25) is 9.78 Å². The van der Waals surface area contributed by atoms with Gasteiger partial charge in [-0.25, -0.2) is 4.79 Å². The summed E-state index contributed by atoms with van der Waals surface area (Å²) in [6.45, 7) is 2.35. The maximum absolute atomic E-state index is 12.4. The fraction of sp³-hybridized carbons (Fsp3) is 0.273. The molecule has 0 spiro atoms. The Hall–Kier alpha value is -3.88. The summed E-state index contributed by atoms with van der Waals surface area (Å²) in [7, 11) is 0. The lowest BCUT2D eigenvalue weighted by atomic mass is 9.93. The van der Waals surface area contributed by atoms with Gasteiger partial charge in [0.15, 0.2) is 0 Å². The molecule has 3 amide bonds. The molecule has 2 aliphatic heterocycles. The van der Waals surface area contributed by atoms with E-state index < -0.39 is 0 Å². The molecular formula is C22H21N5O4. The SMILES string of the molecule is O=C(Nc1ccc(OC2CN(C(=O)c3ccno3)C2)cc1)N1CC(c2cccnc2)C1. The summed E-state index contributed by atoms with van der Waals surface area (Å²) in [5, 5.41) is 6.46. The van der Waals surface area contributed by atoms with Crippen LogP contribution in [-0.4, -0.2) is 64.2 Å². The van der Waals surface area contributed by atoms with Gasteiger partial charge in [-0.05, 0) is 35.9 Å². The van der Waals surface area contributed by atoms with Crippen molar-refractivity contribution in [2.24, 2.45) is 0 Å². The predicted octanol–water partition coefficient (Wildman–Crippen LogP) is 2.60. The molecule has 2 aromatic heterocycles. The first-order valence-electron chi connectivity index (χ1n) is 10.1. The van der Waals surface area contributed by atoms with Crippen LogP contribution in [0.25, 0.3) is 0 Å². The molecular weight excluding hydrogens is 398 g/mol. The van der Waals surface area contributed by atoms with Crippen LogP contribution in [0.5, 0.6) is 5.75 Å². The molecule has 158 valence electrons. The normalized spacial score (nSPS) is 16.4. The van der Waals surface area contributed by atoms with Gasteiger partial charge in [-0.1, -0.05) is 11.2 Å². The van der Waals surface area contributed by atoms with Crippen molar-refractivity contribution in [3.63, 3.8) is 0 Å². The third kappa shape index (κ3) is 4.07. The van der Waals surface area contributed by atoms with Crippen LogP contribution >= 0.6 is 0 Å². The number of pyridine rings is 1. The van der Waals surface area contributed by atoms with Crippen molar-refractivity contribution in [2.75, 3.05) is 31.5 Å². The van der Waals surface area contributed by atoms with Crippen molar-refractivity contribution in [3.8, 4) is 5.75 Å². The number of likely N-dealkylation sites (tertiary alicyclic amines) is 2. The molecule has 2 saturated heterocycles. The molecule has 9 nitrogen and oxygen atoms in total. The first-order chi connectivity index (χ1) is 15.2. The fourth-order valence-corrected chi connectivity index (χ4v) is 3.64. The lowest BCUT2D eigenvalue weighted by Gasteiger charge is -2.39. The van der Waals surface area contributed by atoms with Gasteiger partial charge in [0.05, 0.1) is 19.3 Å². The number of aromatic nitrogens is 2. The molecule has 1 aromatic carbocycles. The molecule has 0 unspecified atom stereocenters. The number of anilines is 1. The molecule has 3 aromatic rings. The summed E-state index contributed by atoms with van der Waals surface area (Å²) in [6, 6.07) is 12.6. The number of nitrogens with zero attached hydrogens (tertiary/aromatic N) is 4. The molecule has 0 aliphatic carbocycles. The van der Waals surface area contributed by atoms with Gasteiger partial charge in [0, 0.05) is 43.2 Å². The van der Waals surface area contributed by atoms with E-state index in [-0.39, 0.29) is 23.8 Å². The third-order valence-electron chi connectivity index (χ3n) is 5.52. The number of ether oxygens (including phenoxy) is 1. The Morgan fingerprint density at radius 2 is 1.81 bits per heavy atom. The van der Waals surface area contributed by atoms with Gasteiger partial charge in [-0.2, -0.15) is 0 Å². The summed E-state index contributed by atoms with van der Waals surface area (Å²) in [6.07, 6.45) is 4.98. The van der Waals surface area contributed by atoms with Crippen LogP contribution < -0.4 is 10.1 Å². The van der Waals surface area contributed by atoms with E-state index >= 15 is 0 Å². The van der Waals surface area contributed by atoms with E-state index in [0.717, 1.165) is 5.56 Å². The average molecular weight is 419 g/mol. The topological polar surface area (TPSA) is 101 Å². The number of benzene rings is 1. The molecule has 31 heavy (non-hydrogen) atoms. The van der Waals surface area contributed by atoms with E-state index in [1.165, 1.54) is 6.20 Å². The highest BCUT2D eigenvalue weighted by atomic mass is 16.5. The van der Waals surface area contributed by atoms with Gasteiger partial charge in [0.1, 0.15) is 11.9 Å². The molecule has 0 saturated carbocycles. The highest BCUT2D eigenvalue weighted by Crippen LogP contribution is 2.27. The number of amides is 3. The van der Waals surface area contributed by atoms with Crippen molar-refractivity contribution in [3.05, 3.63) is 72.4 Å². The second kappa shape index (κ2) is 8.10. The summed E-state index contributed by atoms with van der Waals surface area (Å²) in [4.78, 5) is 32.1. The monoisotopic (exact) mass is 419 g/mol. The first-order valence-corrected chi connectivity index (χ1v) is 10.1. The van der Waals surface area contributed by atoms with Crippen molar-refractivity contribution in [1.29, 1.82) is 0 Å². The fourth-order valence-electron chi connectivity index (χ4n) is 3.64. The second-order valence-electron chi connectivity index (χ2n) is 7.67. The van der Waals surface area contributed by atoms with Crippen LogP contribution in [0.4, 0.5) is 10.5 Å². The maximum Gasteiger partial charge on any atom is 0.321 e. The Labute approximate surface area is 178 Å². The second-order valence-corrected chi connectivity index (χ2v) is 7.67. The molecule has 0 radical (unpaired) electrons. The number of hydrogen-bond donors (Lipinski definition) is 1. The van der Waals surface area contributed by atoms with Crippen LogP contribution in [-0.2, 0) is 0 Å². The molecule has 4 heterocycles.